The van der Waals surface area contributed by atoms with Gasteiger partial charge in [-0.25, -0.2) is 0 Å². The quantitative estimate of drug-likeness (QED) is 0.729. The van der Waals surface area contributed by atoms with Gasteiger partial charge in [0.1, 0.15) is 5.75 Å². The van der Waals surface area contributed by atoms with Crippen molar-refractivity contribution in [1.82, 2.24) is 5.32 Å². The Balaban J connectivity index is 1.93. The zero-order chi connectivity index (χ0) is 18.9. The van der Waals surface area contributed by atoms with E-state index in [2.05, 4.69) is 48.3 Å². The number of ether oxygens (including phenoxy) is 1. The fourth-order valence-electron chi connectivity index (χ4n) is 2.88. The van der Waals surface area contributed by atoms with Crippen molar-refractivity contribution < 1.29 is 9.53 Å². The van der Waals surface area contributed by atoms with Crippen molar-refractivity contribution in [2.24, 2.45) is 0 Å². The molecule has 2 rings (SSSR count). The molecule has 0 aromatic heterocycles. The van der Waals surface area contributed by atoms with E-state index in [0.717, 1.165) is 30.0 Å². The number of para-hydroxylation sites is 1. The lowest BCUT2D eigenvalue weighted by Crippen LogP contribution is -2.37. The number of carbonyl (C=O) groups is 1. The summed E-state index contributed by atoms with van der Waals surface area (Å²) in [6.07, 6.45) is 0.146. The standard InChI is InChI=1S/C22H30N2O2/c1-5-20(26-21-11-9-8-10-17(21)4)22(25)23-16-18-12-14-19(15-13-18)24(6-2)7-3/h8-15,20H,5-7,16H2,1-4H3,(H,23,25). The molecule has 0 spiro atoms. The molecule has 1 N–H and O–H groups in total. The van der Waals surface area contributed by atoms with E-state index in [9.17, 15) is 4.79 Å². The zero-order valence-electron chi connectivity index (χ0n) is 16.3. The van der Waals surface area contributed by atoms with Gasteiger partial charge in [-0.15, -0.1) is 0 Å². The fraction of sp³-hybridized carbons (Fsp3) is 0.409. The summed E-state index contributed by atoms with van der Waals surface area (Å²) in [6, 6.07) is 16.1. The summed E-state index contributed by atoms with van der Waals surface area (Å²) in [6.45, 7) is 10.7. The second-order valence-electron chi connectivity index (χ2n) is 6.34. The van der Waals surface area contributed by atoms with Gasteiger partial charge in [0.2, 0.25) is 0 Å². The molecule has 2 aromatic rings. The van der Waals surface area contributed by atoms with Crippen molar-refractivity contribution in [1.29, 1.82) is 0 Å². The molecular weight excluding hydrogens is 324 g/mol. The molecule has 0 heterocycles. The lowest BCUT2D eigenvalue weighted by atomic mass is 10.1. The number of hydrogen-bond donors (Lipinski definition) is 1. The van der Waals surface area contributed by atoms with Gasteiger partial charge in [-0.05, 0) is 56.5 Å². The van der Waals surface area contributed by atoms with Crippen LogP contribution in [0.3, 0.4) is 0 Å². The van der Waals surface area contributed by atoms with E-state index >= 15 is 0 Å². The van der Waals surface area contributed by atoms with Gasteiger partial charge in [0.25, 0.3) is 5.91 Å². The maximum Gasteiger partial charge on any atom is 0.261 e. The molecular formula is C22H30N2O2. The van der Waals surface area contributed by atoms with Crippen LogP contribution in [-0.2, 0) is 11.3 Å². The second kappa shape index (κ2) is 9.85. The average molecular weight is 354 g/mol. The van der Waals surface area contributed by atoms with E-state index in [1.54, 1.807) is 0 Å². The molecule has 1 unspecified atom stereocenters. The topological polar surface area (TPSA) is 41.6 Å². The van der Waals surface area contributed by atoms with Crippen molar-refractivity contribution in [3.05, 3.63) is 59.7 Å². The summed E-state index contributed by atoms with van der Waals surface area (Å²) in [5.74, 6) is 0.682. The van der Waals surface area contributed by atoms with E-state index in [4.69, 9.17) is 4.74 Å². The highest BCUT2D eigenvalue weighted by atomic mass is 16.5. The van der Waals surface area contributed by atoms with Crippen LogP contribution in [0.2, 0.25) is 0 Å². The maximum atomic E-state index is 12.5. The molecule has 1 amide bonds. The second-order valence-corrected chi connectivity index (χ2v) is 6.34. The first kappa shape index (κ1) is 19.8. The minimum atomic E-state index is -0.481. The summed E-state index contributed by atoms with van der Waals surface area (Å²) >= 11 is 0. The van der Waals surface area contributed by atoms with Crippen LogP contribution in [0, 0.1) is 6.92 Å². The van der Waals surface area contributed by atoms with Gasteiger partial charge in [0.15, 0.2) is 6.10 Å². The first-order chi connectivity index (χ1) is 12.6. The van der Waals surface area contributed by atoms with Crippen LogP contribution in [0.1, 0.15) is 38.3 Å². The van der Waals surface area contributed by atoms with Crippen molar-refractivity contribution in [3.63, 3.8) is 0 Å². The molecule has 4 nitrogen and oxygen atoms in total. The van der Waals surface area contributed by atoms with Crippen LogP contribution in [0.4, 0.5) is 5.69 Å². The predicted molar refractivity (Wildman–Crippen MR) is 108 cm³/mol. The lowest BCUT2D eigenvalue weighted by Gasteiger charge is -2.21. The highest BCUT2D eigenvalue weighted by Gasteiger charge is 2.18. The van der Waals surface area contributed by atoms with E-state index in [1.165, 1.54) is 5.69 Å². The molecule has 4 heteroatoms. The SMILES string of the molecule is CCC(Oc1ccccc1C)C(=O)NCc1ccc(N(CC)CC)cc1. The van der Waals surface area contributed by atoms with Crippen LogP contribution in [0.5, 0.6) is 5.75 Å². The zero-order valence-corrected chi connectivity index (χ0v) is 16.3. The van der Waals surface area contributed by atoms with Gasteiger partial charge in [-0.1, -0.05) is 37.3 Å². The average Bonchev–Trinajstić information content (AvgIpc) is 2.67. The van der Waals surface area contributed by atoms with Gasteiger partial charge in [-0.3, -0.25) is 4.79 Å². The largest absolute Gasteiger partial charge is 0.480 e. The van der Waals surface area contributed by atoms with E-state index in [-0.39, 0.29) is 5.91 Å². The first-order valence-electron chi connectivity index (χ1n) is 9.42. The Bertz CT molecular complexity index is 694. The molecule has 0 saturated heterocycles. The molecule has 140 valence electrons. The number of nitrogens with zero attached hydrogens (tertiary/aromatic N) is 1. The molecule has 0 bridgehead atoms. The van der Waals surface area contributed by atoms with Gasteiger partial charge in [0.05, 0.1) is 0 Å². The smallest absolute Gasteiger partial charge is 0.261 e. The van der Waals surface area contributed by atoms with Crippen molar-refractivity contribution >= 4 is 11.6 Å². The normalized spacial score (nSPS) is 11.7. The van der Waals surface area contributed by atoms with Gasteiger partial charge in [-0.2, -0.15) is 0 Å². The number of carbonyl (C=O) groups excluding carboxylic acids is 1. The van der Waals surface area contributed by atoms with E-state index < -0.39 is 6.10 Å². The lowest BCUT2D eigenvalue weighted by molar-refractivity contribution is -0.128. The molecule has 26 heavy (non-hydrogen) atoms. The maximum absolute atomic E-state index is 12.5. The first-order valence-corrected chi connectivity index (χ1v) is 9.42. The van der Waals surface area contributed by atoms with Gasteiger partial charge in [0, 0.05) is 25.3 Å². The third kappa shape index (κ3) is 5.25. The Kier molecular flexibility index (Phi) is 7.52. The number of benzene rings is 2. The number of rotatable bonds is 9. The van der Waals surface area contributed by atoms with Gasteiger partial charge >= 0.3 is 0 Å². The third-order valence-electron chi connectivity index (χ3n) is 4.56. The van der Waals surface area contributed by atoms with Crippen molar-refractivity contribution in [3.8, 4) is 5.75 Å². The number of nitrogens with one attached hydrogen (secondary N) is 1. The molecule has 0 aliphatic rings. The number of aryl methyl sites for hydroxylation is 1. The Labute approximate surface area is 157 Å². The number of hydrogen-bond acceptors (Lipinski definition) is 3. The summed E-state index contributed by atoms with van der Waals surface area (Å²) in [4.78, 5) is 14.8. The summed E-state index contributed by atoms with van der Waals surface area (Å²) in [5.41, 5.74) is 3.32. The van der Waals surface area contributed by atoms with Crippen LogP contribution >= 0.6 is 0 Å². The van der Waals surface area contributed by atoms with Crippen molar-refractivity contribution in [2.75, 3.05) is 18.0 Å². The summed E-state index contributed by atoms with van der Waals surface area (Å²) in [5, 5.41) is 2.99. The van der Waals surface area contributed by atoms with Crippen LogP contribution in [0.25, 0.3) is 0 Å². The predicted octanol–water partition coefficient (Wildman–Crippen LogP) is 4.32. The van der Waals surface area contributed by atoms with Crippen molar-refractivity contribution in [2.45, 2.75) is 46.8 Å². The Morgan fingerprint density at radius 3 is 2.27 bits per heavy atom. The molecule has 1 atom stereocenters. The van der Waals surface area contributed by atoms with Gasteiger partial charge < -0.3 is 15.0 Å². The number of anilines is 1. The molecule has 2 aromatic carbocycles. The monoisotopic (exact) mass is 354 g/mol. The minimum absolute atomic E-state index is 0.0800. The molecule has 0 radical (unpaired) electrons. The third-order valence-corrected chi connectivity index (χ3v) is 4.56. The fourth-order valence-corrected chi connectivity index (χ4v) is 2.88. The Morgan fingerprint density at radius 2 is 1.69 bits per heavy atom. The van der Waals surface area contributed by atoms with Crippen LogP contribution in [-0.4, -0.2) is 25.1 Å². The van der Waals surface area contributed by atoms with Crippen LogP contribution in [0.15, 0.2) is 48.5 Å². The molecule has 0 aliphatic heterocycles. The van der Waals surface area contributed by atoms with E-state index in [0.29, 0.717) is 13.0 Å². The summed E-state index contributed by atoms with van der Waals surface area (Å²) < 4.78 is 5.91. The summed E-state index contributed by atoms with van der Waals surface area (Å²) in [7, 11) is 0. The minimum Gasteiger partial charge on any atom is -0.480 e. The highest BCUT2D eigenvalue weighted by molar-refractivity contribution is 5.81. The number of amides is 1. The Hall–Kier alpha value is -2.49. The van der Waals surface area contributed by atoms with E-state index in [1.807, 2.05) is 38.1 Å². The highest BCUT2D eigenvalue weighted by Crippen LogP contribution is 2.19. The molecule has 0 aliphatic carbocycles. The van der Waals surface area contributed by atoms with Crippen LogP contribution < -0.4 is 15.0 Å². The Morgan fingerprint density at radius 1 is 1.04 bits per heavy atom. The molecule has 0 fully saturated rings. The molecule has 0 saturated carbocycles.